The van der Waals surface area contributed by atoms with Gasteiger partial charge in [-0.2, -0.15) is 0 Å². The molecule has 2 fully saturated rings. The Balaban J connectivity index is 1.38. The maximum Gasteiger partial charge on any atom is 0.190 e. The summed E-state index contributed by atoms with van der Waals surface area (Å²) in [4.78, 5) is 4.25. The van der Waals surface area contributed by atoms with E-state index in [1.165, 1.54) is 25.7 Å². The van der Waals surface area contributed by atoms with Crippen LogP contribution in [-0.2, 0) is 14.2 Å². The summed E-state index contributed by atoms with van der Waals surface area (Å²) in [6.45, 7) is 6.08. The molecule has 25 heavy (non-hydrogen) atoms. The molecule has 6 nitrogen and oxygen atoms in total. The number of aliphatic imine (C=N–C) groups is 1. The first kappa shape index (κ1) is 20.5. The Labute approximate surface area is 153 Å². The molecule has 1 aliphatic carbocycles. The van der Waals surface area contributed by atoms with Gasteiger partial charge in [-0.15, -0.1) is 0 Å². The molecular weight excluding hydrogens is 318 g/mol. The SMILES string of the molecule is CN=C(NCCCOCC1CCOCC1)NCCCOC1CCCC1. The molecule has 146 valence electrons. The summed E-state index contributed by atoms with van der Waals surface area (Å²) < 4.78 is 17.0. The van der Waals surface area contributed by atoms with Crippen LogP contribution in [0.1, 0.15) is 51.4 Å². The number of ether oxygens (including phenoxy) is 3. The molecule has 0 amide bonds. The molecule has 2 rings (SSSR count). The molecule has 0 aromatic heterocycles. The molecule has 0 aromatic rings. The molecule has 0 radical (unpaired) electrons. The first-order valence-electron chi connectivity index (χ1n) is 10.1. The van der Waals surface area contributed by atoms with Gasteiger partial charge in [0.2, 0.25) is 0 Å². The molecule has 0 bridgehead atoms. The molecule has 0 aromatic carbocycles. The molecule has 1 saturated carbocycles. The summed E-state index contributed by atoms with van der Waals surface area (Å²) in [6.07, 6.45) is 9.95. The van der Waals surface area contributed by atoms with Gasteiger partial charge >= 0.3 is 0 Å². The van der Waals surface area contributed by atoms with Crippen LogP contribution in [0, 0.1) is 5.92 Å². The number of nitrogens with zero attached hydrogens (tertiary/aromatic N) is 1. The summed E-state index contributed by atoms with van der Waals surface area (Å²) in [5, 5.41) is 6.68. The number of hydrogen-bond donors (Lipinski definition) is 2. The van der Waals surface area contributed by atoms with E-state index >= 15 is 0 Å². The van der Waals surface area contributed by atoms with Crippen molar-refractivity contribution >= 4 is 5.96 Å². The Bertz CT molecular complexity index is 354. The van der Waals surface area contributed by atoms with Gasteiger partial charge in [-0.3, -0.25) is 4.99 Å². The minimum atomic E-state index is 0.513. The first-order chi connectivity index (χ1) is 12.4. The van der Waals surface area contributed by atoms with Crippen molar-refractivity contribution in [2.75, 3.05) is 53.2 Å². The predicted octanol–water partition coefficient (Wildman–Crippen LogP) is 2.33. The van der Waals surface area contributed by atoms with E-state index in [4.69, 9.17) is 14.2 Å². The van der Waals surface area contributed by atoms with Gasteiger partial charge in [-0.05, 0) is 44.4 Å². The van der Waals surface area contributed by atoms with Crippen molar-refractivity contribution in [1.29, 1.82) is 0 Å². The van der Waals surface area contributed by atoms with Gasteiger partial charge in [0.25, 0.3) is 0 Å². The van der Waals surface area contributed by atoms with E-state index in [1.807, 2.05) is 7.05 Å². The third-order valence-electron chi connectivity index (χ3n) is 4.95. The van der Waals surface area contributed by atoms with Crippen LogP contribution in [0.2, 0.25) is 0 Å². The van der Waals surface area contributed by atoms with Crippen LogP contribution in [0.5, 0.6) is 0 Å². The third kappa shape index (κ3) is 9.42. The molecule has 2 N–H and O–H groups in total. The minimum absolute atomic E-state index is 0.513. The fourth-order valence-electron chi connectivity index (χ4n) is 3.35. The highest BCUT2D eigenvalue weighted by atomic mass is 16.5. The van der Waals surface area contributed by atoms with Gasteiger partial charge in [-0.1, -0.05) is 12.8 Å². The molecule has 1 heterocycles. The van der Waals surface area contributed by atoms with Crippen LogP contribution in [0.4, 0.5) is 0 Å². The fourth-order valence-corrected chi connectivity index (χ4v) is 3.35. The minimum Gasteiger partial charge on any atom is -0.381 e. The second-order valence-corrected chi connectivity index (χ2v) is 7.04. The monoisotopic (exact) mass is 355 g/mol. The number of guanidine groups is 1. The van der Waals surface area contributed by atoms with E-state index in [0.717, 1.165) is 77.8 Å². The van der Waals surface area contributed by atoms with Crippen molar-refractivity contribution < 1.29 is 14.2 Å². The van der Waals surface area contributed by atoms with Crippen molar-refractivity contribution in [3.63, 3.8) is 0 Å². The topological polar surface area (TPSA) is 64.1 Å². The van der Waals surface area contributed by atoms with Gasteiger partial charge in [-0.25, -0.2) is 0 Å². The summed E-state index contributed by atoms with van der Waals surface area (Å²) in [7, 11) is 1.81. The molecule has 1 saturated heterocycles. The zero-order chi connectivity index (χ0) is 17.6. The Hall–Kier alpha value is -0.850. The maximum absolute atomic E-state index is 5.87. The number of hydrogen-bond acceptors (Lipinski definition) is 4. The lowest BCUT2D eigenvalue weighted by atomic mass is 10.0. The Morgan fingerprint density at radius 1 is 1.00 bits per heavy atom. The molecule has 2 aliphatic rings. The van der Waals surface area contributed by atoms with E-state index in [-0.39, 0.29) is 0 Å². The van der Waals surface area contributed by atoms with Crippen molar-refractivity contribution in [2.45, 2.75) is 57.5 Å². The van der Waals surface area contributed by atoms with Crippen LogP contribution in [0.15, 0.2) is 4.99 Å². The summed E-state index contributed by atoms with van der Waals surface area (Å²) in [5.41, 5.74) is 0. The molecule has 0 spiro atoms. The highest BCUT2D eigenvalue weighted by Crippen LogP contribution is 2.20. The summed E-state index contributed by atoms with van der Waals surface area (Å²) in [6, 6.07) is 0. The standard InChI is InChI=1S/C19H37N3O3/c1-20-19(22-11-5-13-25-18-6-2-3-7-18)21-10-4-12-24-16-17-8-14-23-15-9-17/h17-18H,2-16H2,1H3,(H2,20,21,22). The van der Waals surface area contributed by atoms with Crippen molar-refractivity contribution in [3.05, 3.63) is 0 Å². The predicted molar refractivity (Wildman–Crippen MR) is 101 cm³/mol. The van der Waals surface area contributed by atoms with Crippen LogP contribution >= 0.6 is 0 Å². The van der Waals surface area contributed by atoms with E-state index in [1.54, 1.807) is 0 Å². The van der Waals surface area contributed by atoms with Gasteiger partial charge in [0.15, 0.2) is 5.96 Å². The molecule has 6 heteroatoms. The Morgan fingerprint density at radius 3 is 2.36 bits per heavy atom. The Morgan fingerprint density at radius 2 is 1.68 bits per heavy atom. The number of nitrogens with one attached hydrogen (secondary N) is 2. The smallest absolute Gasteiger partial charge is 0.190 e. The van der Waals surface area contributed by atoms with Crippen molar-refractivity contribution in [2.24, 2.45) is 10.9 Å². The lowest BCUT2D eigenvalue weighted by Crippen LogP contribution is -2.38. The largest absolute Gasteiger partial charge is 0.381 e. The van der Waals surface area contributed by atoms with E-state index in [9.17, 15) is 0 Å². The zero-order valence-corrected chi connectivity index (χ0v) is 15.9. The fraction of sp³-hybridized carbons (Fsp3) is 0.947. The molecule has 0 atom stereocenters. The van der Waals surface area contributed by atoms with E-state index in [0.29, 0.717) is 12.0 Å². The van der Waals surface area contributed by atoms with Gasteiger partial charge in [0.05, 0.1) is 6.10 Å². The second-order valence-electron chi connectivity index (χ2n) is 7.04. The van der Waals surface area contributed by atoms with E-state index in [2.05, 4.69) is 15.6 Å². The third-order valence-corrected chi connectivity index (χ3v) is 4.95. The van der Waals surface area contributed by atoms with Gasteiger partial charge in [0.1, 0.15) is 0 Å². The first-order valence-corrected chi connectivity index (χ1v) is 10.1. The lowest BCUT2D eigenvalue weighted by molar-refractivity contribution is 0.0203. The van der Waals surface area contributed by atoms with Crippen LogP contribution < -0.4 is 10.6 Å². The Kier molecular flexibility index (Phi) is 10.9. The summed E-state index contributed by atoms with van der Waals surface area (Å²) in [5.74, 6) is 1.55. The quantitative estimate of drug-likeness (QED) is 0.338. The maximum atomic E-state index is 5.87. The van der Waals surface area contributed by atoms with Gasteiger partial charge < -0.3 is 24.8 Å². The second kappa shape index (κ2) is 13.4. The van der Waals surface area contributed by atoms with Crippen molar-refractivity contribution in [3.8, 4) is 0 Å². The average molecular weight is 356 g/mol. The lowest BCUT2D eigenvalue weighted by Gasteiger charge is -2.21. The van der Waals surface area contributed by atoms with Crippen LogP contribution in [0.3, 0.4) is 0 Å². The molecule has 0 unspecified atom stereocenters. The zero-order valence-electron chi connectivity index (χ0n) is 15.9. The normalized spacial score (nSPS) is 20.1. The van der Waals surface area contributed by atoms with Gasteiger partial charge in [0, 0.05) is 53.2 Å². The highest BCUT2D eigenvalue weighted by molar-refractivity contribution is 5.79. The molecule has 1 aliphatic heterocycles. The van der Waals surface area contributed by atoms with Crippen LogP contribution in [-0.4, -0.2) is 65.2 Å². The molecular formula is C19H37N3O3. The van der Waals surface area contributed by atoms with Crippen molar-refractivity contribution in [1.82, 2.24) is 10.6 Å². The van der Waals surface area contributed by atoms with Crippen LogP contribution in [0.25, 0.3) is 0 Å². The van der Waals surface area contributed by atoms with E-state index < -0.39 is 0 Å². The summed E-state index contributed by atoms with van der Waals surface area (Å²) >= 11 is 0. The number of rotatable bonds is 11. The highest BCUT2D eigenvalue weighted by Gasteiger charge is 2.15. The average Bonchev–Trinajstić information content (AvgIpc) is 3.17.